The maximum absolute atomic E-state index is 12.2. The Morgan fingerprint density at radius 3 is 2.52 bits per heavy atom. The third kappa shape index (κ3) is 5.48. The molecule has 1 fully saturated rings. The van der Waals surface area contributed by atoms with Crippen LogP contribution >= 0.6 is 0 Å². The number of amides is 1. The first-order valence-corrected chi connectivity index (χ1v) is 9.30. The zero-order chi connectivity index (χ0) is 18.3. The molecular weight excluding hydrogens is 312 g/mol. The number of aliphatic imine (C=N–C) groups is 1. The van der Waals surface area contributed by atoms with Crippen LogP contribution in [0.25, 0.3) is 0 Å². The molecule has 0 unspecified atom stereocenters. The van der Waals surface area contributed by atoms with Gasteiger partial charge in [0.15, 0.2) is 5.96 Å². The van der Waals surface area contributed by atoms with Crippen molar-refractivity contribution >= 4 is 11.9 Å². The van der Waals surface area contributed by atoms with Crippen LogP contribution in [0.2, 0.25) is 0 Å². The van der Waals surface area contributed by atoms with Crippen molar-refractivity contribution in [2.45, 2.75) is 46.0 Å². The molecule has 1 amide bonds. The maximum Gasteiger partial charge on any atom is 0.244 e. The highest BCUT2D eigenvalue weighted by molar-refractivity contribution is 5.85. The Kier molecular flexibility index (Phi) is 6.85. The fourth-order valence-electron chi connectivity index (χ4n) is 3.29. The Balaban J connectivity index is 1.97. The number of rotatable bonds is 6. The van der Waals surface area contributed by atoms with E-state index in [1.54, 1.807) is 0 Å². The van der Waals surface area contributed by atoms with Gasteiger partial charge < -0.3 is 15.5 Å². The zero-order valence-electron chi connectivity index (χ0n) is 16.1. The molecule has 2 N–H and O–H groups in total. The van der Waals surface area contributed by atoms with Gasteiger partial charge in [0.05, 0.1) is 0 Å². The van der Waals surface area contributed by atoms with Crippen molar-refractivity contribution in [2.75, 3.05) is 32.7 Å². The normalized spacial score (nSPS) is 15.4. The monoisotopic (exact) mass is 344 g/mol. The highest BCUT2D eigenvalue weighted by atomic mass is 16.2. The predicted molar refractivity (Wildman–Crippen MR) is 104 cm³/mol. The van der Waals surface area contributed by atoms with Crippen LogP contribution in [-0.4, -0.2) is 49.5 Å². The third-order valence-electron chi connectivity index (χ3n) is 4.75. The van der Waals surface area contributed by atoms with Crippen molar-refractivity contribution in [1.29, 1.82) is 0 Å². The lowest BCUT2D eigenvalue weighted by molar-refractivity contribution is -0.128. The van der Waals surface area contributed by atoms with Crippen molar-refractivity contribution in [2.24, 2.45) is 4.99 Å². The Bertz CT molecular complexity index is 603. The summed E-state index contributed by atoms with van der Waals surface area (Å²) in [5.74, 6) is 0.824. The average molecular weight is 345 g/mol. The van der Waals surface area contributed by atoms with E-state index in [9.17, 15) is 4.79 Å². The van der Waals surface area contributed by atoms with Gasteiger partial charge in [-0.25, -0.2) is 4.99 Å². The molecule has 1 heterocycles. The second kappa shape index (κ2) is 8.88. The van der Waals surface area contributed by atoms with Crippen LogP contribution in [0, 0.1) is 6.92 Å². The molecule has 0 saturated carbocycles. The van der Waals surface area contributed by atoms with E-state index in [0.717, 1.165) is 39.0 Å². The van der Waals surface area contributed by atoms with Crippen LogP contribution in [-0.2, 0) is 10.2 Å². The van der Waals surface area contributed by atoms with Crippen LogP contribution in [0.3, 0.4) is 0 Å². The van der Waals surface area contributed by atoms with E-state index in [0.29, 0.717) is 5.96 Å². The summed E-state index contributed by atoms with van der Waals surface area (Å²) in [4.78, 5) is 18.6. The van der Waals surface area contributed by atoms with Crippen molar-refractivity contribution < 1.29 is 4.79 Å². The van der Waals surface area contributed by atoms with E-state index in [1.165, 1.54) is 11.1 Å². The second-order valence-electron chi connectivity index (χ2n) is 7.34. The predicted octanol–water partition coefficient (Wildman–Crippen LogP) is 2.45. The smallest absolute Gasteiger partial charge is 0.244 e. The fraction of sp³-hybridized carbons (Fsp3) is 0.600. The molecule has 138 valence electrons. The summed E-state index contributed by atoms with van der Waals surface area (Å²) >= 11 is 0. The number of nitrogens with one attached hydrogen (secondary N) is 2. The summed E-state index contributed by atoms with van der Waals surface area (Å²) in [6, 6.07) is 8.47. The number of hydrogen-bond acceptors (Lipinski definition) is 2. The molecular formula is C20H32N4O. The maximum atomic E-state index is 12.2. The number of carbonyl (C=O) groups is 1. The summed E-state index contributed by atoms with van der Waals surface area (Å²) in [5, 5.41) is 6.64. The number of carbonyl (C=O) groups excluding carboxylic acids is 1. The van der Waals surface area contributed by atoms with Gasteiger partial charge in [-0.2, -0.15) is 0 Å². The number of aryl methyl sites for hydroxylation is 1. The van der Waals surface area contributed by atoms with E-state index in [4.69, 9.17) is 0 Å². The van der Waals surface area contributed by atoms with Crippen molar-refractivity contribution in [1.82, 2.24) is 15.5 Å². The zero-order valence-corrected chi connectivity index (χ0v) is 16.1. The number of guanidine groups is 1. The summed E-state index contributed by atoms with van der Waals surface area (Å²) in [6.45, 7) is 12.1. The van der Waals surface area contributed by atoms with E-state index in [1.807, 2.05) is 11.8 Å². The largest absolute Gasteiger partial charge is 0.357 e. The van der Waals surface area contributed by atoms with E-state index >= 15 is 0 Å². The highest BCUT2D eigenvalue weighted by Gasteiger charge is 2.23. The van der Waals surface area contributed by atoms with Crippen LogP contribution in [0.1, 0.15) is 44.7 Å². The molecule has 1 aliphatic rings. The van der Waals surface area contributed by atoms with Crippen molar-refractivity contribution in [3.8, 4) is 0 Å². The van der Waals surface area contributed by atoms with Gasteiger partial charge in [-0.05, 0) is 37.8 Å². The average Bonchev–Trinajstić information content (AvgIpc) is 3.12. The minimum Gasteiger partial charge on any atom is -0.357 e. The molecule has 0 aliphatic carbocycles. The van der Waals surface area contributed by atoms with E-state index in [2.05, 4.69) is 60.7 Å². The summed E-state index contributed by atoms with van der Waals surface area (Å²) in [7, 11) is 0. The molecule has 25 heavy (non-hydrogen) atoms. The number of benzene rings is 1. The molecule has 5 heteroatoms. The molecule has 0 spiro atoms. The van der Waals surface area contributed by atoms with Crippen LogP contribution in [0.4, 0.5) is 0 Å². The summed E-state index contributed by atoms with van der Waals surface area (Å²) in [5.41, 5.74) is 2.59. The Morgan fingerprint density at radius 1 is 1.20 bits per heavy atom. The number of hydrogen-bond donors (Lipinski definition) is 2. The molecule has 1 aromatic carbocycles. The first kappa shape index (κ1) is 19.3. The molecule has 1 aromatic rings. The van der Waals surface area contributed by atoms with Crippen molar-refractivity contribution in [3.63, 3.8) is 0 Å². The Hall–Kier alpha value is -2.04. The van der Waals surface area contributed by atoms with Gasteiger partial charge in [0.25, 0.3) is 0 Å². The van der Waals surface area contributed by atoms with E-state index < -0.39 is 0 Å². The molecule has 1 aliphatic heterocycles. The number of nitrogens with zero attached hydrogens (tertiary/aromatic N) is 2. The van der Waals surface area contributed by atoms with E-state index in [-0.39, 0.29) is 17.9 Å². The molecule has 5 nitrogen and oxygen atoms in total. The molecule has 0 radical (unpaired) electrons. The Morgan fingerprint density at radius 2 is 1.88 bits per heavy atom. The van der Waals surface area contributed by atoms with Crippen LogP contribution in [0.15, 0.2) is 29.3 Å². The lowest BCUT2D eigenvalue weighted by Gasteiger charge is -2.28. The minimum atomic E-state index is -0.0273. The Labute approximate surface area is 151 Å². The van der Waals surface area contributed by atoms with Gasteiger partial charge in [0.2, 0.25) is 5.91 Å². The van der Waals surface area contributed by atoms with Gasteiger partial charge in [0.1, 0.15) is 6.54 Å². The molecule has 2 rings (SSSR count). The van der Waals surface area contributed by atoms with Gasteiger partial charge in [-0.3, -0.25) is 4.79 Å². The standard InChI is InChI=1S/C20H32N4O/c1-5-21-19(22-14-18(25)24-12-8-9-13-24)23-15-20(3,4)17-11-7-6-10-16(17)2/h6-7,10-11H,5,8-9,12-15H2,1-4H3,(H2,21,22,23). The summed E-state index contributed by atoms with van der Waals surface area (Å²) < 4.78 is 0. The minimum absolute atomic E-state index is 0.0273. The quantitative estimate of drug-likeness (QED) is 0.616. The van der Waals surface area contributed by atoms with Gasteiger partial charge in [0, 0.05) is 31.6 Å². The molecule has 0 atom stereocenters. The molecule has 0 bridgehead atoms. The lowest BCUT2D eigenvalue weighted by atomic mass is 9.82. The van der Waals surface area contributed by atoms with Gasteiger partial charge >= 0.3 is 0 Å². The number of likely N-dealkylation sites (tertiary alicyclic amines) is 1. The van der Waals surface area contributed by atoms with Gasteiger partial charge in [-0.15, -0.1) is 0 Å². The lowest BCUT2D eigenvalue weighted by Crippen LogP contribution is -2.44. The molecule has 1 saturated heterocycles. The van der Waals surface area contributed by atoms with Crippen molar-refractivity contribution in [3.05, 3.63) is 35.4 Å². The summed E-state index contributed by atoms with van der Waals surface area (Å²) in [6.07, 6.45) is 2.22. The fourth-order valence-corrected chi connectivity index (χ4v) is 3.29. The SMILES string of the molecule is CCNC(=NCC(=O)N1CCCC1)NCC(C)(C)c1ccccc1C. The van der Waals surface area contributed by atoms with Crippen LogP contribution in [0.5, 0.6) is 0 Å². The first-order valence-electron chi connectivity index (χ1n) is 9.30. The molecule has 0 aromatic heterocycles. The topological polar surface area (TPSA) is 56.7 Å². The van der Waals surface area contributed by atoms with Gasteiger partial charge in [-0.1, -0.05) is 38.1 Å². The third-order valence-corrected chi connectivity index (χ3v) is 4.75. The first-order chi connectivity index (χ1) is 11.9. The van der Waals surface area contributed by atoms with Crippen LogP contribution < -0.4 is 10.6 Å². The second-order valence-corrected chi connectivity index (χ2v) is 7.34. The highest BCUT2D eigenvalue weighted by Crippen LogP contribution is 2.25.